The molecule has 1 aliphatic heterocycles. The minimum atomic E-state index is -0.820. The van der Waals surface area contributed by atoms with Crippen LogP contribution in [0.3, 0.4) is 0 Å². The minimum Gasteiger partial charge on any atom is -0.368 e. The first-order valence-corrected chi connectivity index (χ1v) is 8.09. The van der Waals surface area contributed by atoms with Crippen LogP contribution in [0.4, 0.5) is 0 Å². The van der Waals surface area contributed by atoms with Crippen molar-refractivity contribution in [3.05, 3.63) is 0 Å². The van der Waals surface area contributed by atoms with Crippen LogP contribution >= 0.6 is 0 Å². The van der Waals surface area contributed by atoms with Crippen molar-refractivity contribution in [1.29, 1.82) is 0 Å². The van der Waals surface area contributed by atoms with E-state index in [9.17, 15) is 9.90 Å². The zero-order chi connectivity index (χ0) is 15.1. The maximum Gasteiger partial charge on any atom is 0.223 e. The second-order valence-corrected chi connectivity index (χ2v) is 6.25. The number of carbonyl (C=O) groups is 1. The summed E-state index contributed by atoms with van der Waals surface area (Å²) in [5, 5.41) is 9.99. The van der Waals surface area contributed by atoms with Crippen LogP contribution in [0.1, 0.15) is 59.8 Å². The van der Waals surface area contributed by atoms with Crippen LogP contribution < -0.4 is 0 Å². The Hall–Kier alpha value is -0.610. The highest BCUT2D eigenvalue weighted by molar-refractivity contribution is 5.78. The highest BCUT2D eigenvalue weighted by Gasteiger charge is 2.35. The number of ether oxygens (including phenoxy) is 1. The van der Waals surface area contributed by atoms with E-state index < -0.39 is 6.29 Å². The molecule has 3 unspecified atom stereocenters. The van der Waals surface area contributed by atoms with Crippen LogP contribution in [0.15, 0.2) is 0 Å². The maximum absolute atomic E-state index is 12.1. The van der Waals surface area contributed by atoms with Crippen molar-refractivity contribution in [2.45, 2.75) is 72.2 Å². The van der Waals surface area contributed by atoms with Crippen LogP contribution in [0, 0.1) is 11.8 Å². The first-order chi connectivity index (χ1) is 9.47. The molecule has 20 heavy (non-hydrogen) atoms. The van der Waals surface area contributed by atoms with Gasteiger partial charge in [-0.2, -0.15) is 0 Å². The van der Waals surface area contributed by atoms with E-state index in [0.717, 1.165) is 13.0 Å². The Kier molecular flexibility index (Phi) is 7.52. The molecular formula is C16H31NO3. The number of aliphatic hydroxyl groups is 1. The SMILES string of the molecule is CCCCC(CC)CN1CC(C(O)OC(C)C)CC1=O. The molecule has 1 fully saturated rings. The summed E-state index contributed by atoms with van der Waals surface area (Å²) >= 11 is 0. The molecule has 0 spiro atoms. The van der Waals surface area contributed by atoms with Crippen molar-refractivity contribution in [2.24, 2.45) is 11.8 Å². The van der Waals surface area contributed by atoms with Gasteiger partial charge in [0.1, 0.15) is 0 Å². The molecule has 118 valence electrons. The van der Waals surface area contributed by atoms with E-state index in [1.165, 1.54) is 19.3 Å². The van der Waals surface area contributed by atoms with E-state index in [0.29, 0.717) is 18.9 Å². The normalized spacial score (nSPS) is 22.6. The Morgan fingerprint density at radius 3 is 2.65 bits per heavy atom. The van der Waals surface area contributed by atoms with Crippen molar-refractivity contribution < 1.29 is 14.6 Å². The number of amides is 1. The van der Waals surface area contributed by atoms with Crippen molar-refractivity contribution in [3.63, 3.8) is 0 Å². The average molecular weight is 285 g/mol. The molecule has 1 amide bonds. The van der Waals surface area contributed by atoms with Gasteiger partial charge in [0.2, 0.25) is 5.91 Å². The molecule has 0 saturated carbocycles. The van der Waals surface area contributed by atoms with Crippen LogP contribution in [0.5, 0.6) is 0 Å². The predicted molar refractivity (Wildman–Crippen MR) is 80.2 cm³/mol. The molecule has 1 N–H and O–H groups in total. The van der Waals surface area contributed by atoms with Crippen LogP contribution in [0.25, 0.3) is 0 Å². The van der Waals surface area contributed by atoms with Crippen LogP contribution in [-0.2, 0) is 9.53 Å². The Bertz CT molecular complexity index is 293. The third-order valence-electron chi connectivity index (χ3n) is 4.08. The zero-order valence-electron chi connectivity index (χ0n) is 13.5. The average Bonchev–Trinajstić information content (AvgIpc) is 2.75. The maximum atomic E-state index is 12.1. The standard InChI is InChI=1S/C16H31NO3/c1-5-7-8-13(6-2)10-17-11-14(9-15(17)18)16(19)20-12(3)4/h12-14,16,19H,5-11H2,1-4H3. The van der Waals surface area contributed by atoms with E-state index in [1.807, 2.05) is 18.7 Å². The Labute approximate surface area is 123 Å². The van der Waals surface area contributed by atoms with E-state index in [4.69, 9.17) is 4.74 Å². The molecule has 0 radical (unpaired) electrons. The Balaban J connectivity index is 2.46. The highest BCUT2D eigenvalue weighted by atomic mass is 16.6. The molecule has 0 aromatic carbocycles. The molecule has 1 rings (SSSR count). The molecule has 0 aliphatic carbocycles. The van der Waals surface area contributed by atoms with Gasteiger partial charge in [-0.3, -0.25) is 4.79 Å². The number of carbonyl (C=O) groups excluding carboxylic acids is 1. The van der Waals surface area contributed by atoms with E-state index in [1.54, 1.807) is 0 Å². The third-order valence-corrected chi connectivity index (χ3v) is 4.08. The summed E-state index contributed by atoms with van der Waals surface area (Å²) in [4.78, 5) is 14.0. The minimum absolute atomic E-state index is 0.0119. The third kappa shape index (κ3) is 5.41. The van der Waals surface area contributed by atoms with Crippen LogP contribution in [-0.4, -0.2) is 41.4 Å². The lowest BCUT2D eigenvalue weighted by Gasteiger charge is -2.24. The first-order valence-electron chi connectivity index (χ1n) is 8.09. The first kappa shape index (κ1) is 17.4. The topological polar surface area (TPSA) is 49.8 Å². The number of nitrogens with zero attached hydrogens (tertiary/aromatic N) is 1. The quantitative estimate of drug-likeness (QED) is 0.663. The molecule has 0 aromatic heterocycles. The molecule has 4 heteroatoms. The fourth-order valence-corrected chi connectivity index (χ4v) is 2.79. The fraction of sp³-hybridized carbons (Fsp3) is 0.938. The summed E-state index contributed by atoms with van der Waals surface area (Å²) in [7, 11) is 0. The number of aliphatic hydroxyl groups excluding tert-OH is 1. The number of unbranched alkanes of at least 4 members (excludes halogenated alkanes) is 1. The van der Waals surface area contributed by atoms with Crippen LogP contribution in [0.2, 0.25) is 0 Å². The van der Waals surface area contributed by atoms with Gasteiger partial charge >= 0.3 is 0 Å². The monoisotopic (exact) mass is 285 g/mol. The zero-order valence-corrected chi connectivity index (χ0v) is 13.5. The van der Waals surface area contributed by atoms with Crippen molar-refractivity contribution in [3.8, 4) is 0 Å². The lowest BCUT2D eigenvalue weighted by molar-refractivity contribution is -0.154. The summed E-state index contributed by atoms with van der Waals surface area (Å²) in [6, 6.07) is 0. The molecule has 1 aliphatic rings. The summed E-state index contributed by atoms with van der Waals surface area (Å²) in [6.45, 7) is 9.65. The molecule has 3 atom stereocenters. The summed E-state index contributed by atoms with van der Waals surface area (Å²) in [5.41, 5.74) is 0. The van der Waals surface area contributed by atoms with Gasteiger partial charge in [-0.25, -0.2) is 0 Å². The van der Waals surface area contributed by atoms with Crippen molar-refractivity contribution in [2.75, 3.05) is 13.1 Å². The highest BCUT2D eigenvalue weighted by Crippen LogP contribution is 2.25. The lowest BCUT2D eigenvalue weighted by atomic mass is 9.99. The molecule has 1 heterocycles. The number of hydrogen-bond acceptors (Lipinski definition) is 3. The molecular weight excluding hydrogens is 254 g/mol. The van der Waals surface area contributed by atoms with Gasteiger partial charge in [-0.05, 0) is 26.2 Å². The van der Waals surface area contributed by atoms with Gasteiger partial charge in [0.05, 0.1) is 6.10 Å². The molecule has 0 aromatic rings. The van der Waals surface area contributed by atoms with Gasteiger partial charge in [0, 0.05) is 25.4 Å². The van der Waals surface area contributed by atoms with Crippen molar-refractivity contribution in [1.82, 2.24) is 4.90 Å². The lowest BCUT2D eigenvalue weighted by Crippen LogP contribution is -2.33. The van der Waals surface area contributed by atoms with E-state index in [-0.39, 0.29) is 17.9 Å². The molecule has 1 saturated heterocycles. The smallest absolute Gasteiger partial charge is 0.223 e. The summed E-state index contributed by atoms with van der Waals surface area (Å²) in [6.07, 6.45) is 4.31. The largest absolute Gasteiger partial charge is 0.368 e. The Morgan fingerprint density at radius 2 is 2.10 bits per heavy atom. The van der Waals surface area contributed by atoms with E-state index in [2.05, 4.69) is 13.8 Å². The van der Waals surface area contributed by atoms with Crippen molar-refractivity contribution >= 4 is 5.91 Å². The van der Waals surface area contributed by atoms with Gasteiger partial charge in [-0.15, -0.1) is 0 Å². The summed E-state index contributed by atoms with van der Waals surface area (Å²) < 4.78 is 5.40. The van der Waals surface area contributed by atoms with Gasteiger partial charge in [-0.1, -0.05) is 33.1 Å². The number of rotatable bonds is 9. The summed E-state index contributed by atoms with van der Waals surface area (Å²) in [5.74, 6) is 0.672. The number of hydrogen-bond donors (Lipinski definition) is 1. The second kappa shape index (κ2) is 8.63. The van der Waals surface area contributed by atoms with Gasteiger partial charge in [0.25, 0.3) is 0 Å². The second-order valence-electron chi connectivity index (χ2n) is 6.25. The Morgan fingerprint density at radius 1 is 1.40 bits per heavy atom. The number of likely N-dealkylation sites (tertiary alicyclic amines) is 1. The molecule has 0 bridgehead atoms. The van der Waals surface area contributed by atoms with Gasteiger partial charge in [0.15, 0.2) is 6.29 Å². The van der Waals surface area contributed by atoms with Gasteiger partial charge < -0.3 is 14.7 Å². The predicted octanol–water partition coefficient (Wildman–Crippen LogP) is 2.79. The molecule has 4 nitrogen and oxygen atoms in total. The fourth-order valence-electron chi connectivity index (χ4n) is 2.79. The van der Waals surface area contributed by atoms with E-state index >= 15 is 0 Å².